The van der Waals surface area contributed by atoms with E-state index in [2.05, 4.69) is 5.32 Å². The van der Waals surface area contributed by atoms with Crippen molar-refractivity contribution in [3.8, 4) is 11.5 Å². The Labute approximate surface area is 170 Å². The van der Waals surface area contributed by atoms with E-state index in [9.17, 15) is 13.2 Å². The summed E-state index contributed by atoms with van der Waals surface area (Å²) < 4.78 is 36.1. The Balaban J connectivity index is 2.19. The Morgan fingerprint density at radius 3 is 2.43 bits per heavy atom. The first-order chi connectivity index (χ1) is 13.2. The number of halogens is 1. The number of hydrogen-bond acceptors (Lipinski definition) is 5. The van der Waals surface area contributed by atoms with Crippen LogP contribution in [-0.2, 0) is 14.8 Å². The average molecular weight is 427 g/mol. The molecule has 0 fully saturated rings. The van der Waals surface area contributed by atoms with Crippen molar-refractivity contribution in [3.05, 3.63) is 47.5 Å². The van der Waals surface area contributed by atoms with E-state index >= 15 is 0 Å². The van der Waals surface area contributed by atoms with Gasteiger partial charge in [-0.1, -0.05) is 18.5 Å². The summed E-state index contributed by atoms with van der Waals surface area (Å²) in [7, 11) is -2.22. The van der Waals surface area contributed by atoms with Gasteiger partial charge in [-0.15, -0.1) is 0 Å². The average Bonchev–Trinajstić information content (AvgIpc) is 2.64. The minimum Gasteiger partial charge on any atom is -0.495 e. The van der Waals surface area contributed by atoms with Gasteiger partial charge in [-0.05, 0) is 48.9 Å². The summed E-state index contributed by atoms with van der Waals surface area (Å²) in [5.74, 6) is 0.519. The Hall–Kier alpha value is -2.45. The number of anilines is 2. The summed E-state index contributed by atoms with van der Waals surface area (Å²) in [6.45, 7) is 2.16. The van der Waals surface area contributed by atoms with Crippen molar-refractivity contribution in [2.75, 3.05) is 36.1 Å². The number of carbonyl (C=O) groups excluding carboxylic acids is 1. The fourth-order valence-corrected chi connectivity index (χ4v) is 3.46. The zero-order chi connectivity index (χ0) is 20.7. The largest absolute Gasteiger partial charge is 0.495 e. The lowest BCUT2D eigenvalue weighted by Gasteiger charge is -2.22. The molecule has 0 spiro atoms. The highest BCUT2D eigenvalue weighted by Gasteiger charge is 2.21. The van der Waals surface area contributed by atoms with Crippen LogP contribution in [0.25, 0.3) is 0 Å². The van der Waals surface area contributed by atoms with E-state index in [1.54, 1.807) is 36.4 Å². The molecular formula is C19H23ClN2O5S. The quantitative estimate of drug-likeness (QED) is 0.662. The van der Waals surface area contributed by atoms with Crippen LogP contribution >= 0.6 is 11.6 Å². The number of rotatable bonds is 9. The molecule has 9 heteroatoms. The normalized spacial score (nSPS) is 11.0. The molecule has 28 heavy (non-hydrogen) atoms. The number of sulfonamides is 1. The third kappa shape index (κ3) is 6.03. The van der Waals surface area contributed by atoms with Gasteiger partial charge in [0, 0.05) is 5.02 Å². The molecule has 0 atom stereocenters. The van der Waals surface area contributed by atoms with Gasteiger partial charge < -0.3 is 14.8 Å². The predicted molar refractivity (Wildman–Crippen MR) is 111 cm³/mol. The van der Waals surface area contributed by atoms with Gasteiger partial charge in [-0.3, -0.25) is 9.10 Å². The summed E-state index contributed by atoms with van der Waals surface area (Å²) in [5.41, 5.74) is 0.719. The predicted octanol–water partition coefficient (Wildman–Crippen LogP) is 3.54. The van der Waals surface area contributed by atoms with Gasteiger partial charge in [0.05, 0.1) is 31.3 Å². The zero-order valence-electron chi connectivity index (χ0n) is 15.9. The van der Waals surface area contributed by atoms with Crippen LogP contribution in [0, 0.1) is 0 Å². The molecule has 0 saturated carbocycles. The first-order valence-electron chi connectivity index (χ1n) is 8.58. The van der Waals surface area contributed by atoms with Gasteiger partial charge in [0.2, 0.25) is 15.9 Å². The highest BCUT2D eigenvalue weighted by atomic mass is 35.5. The van der Waals surface area contributed by atoms with Crippen LogP contribution in [0.2, 0.25) is 5.02 Å². The molecule has 1 amide bonds. The SMILES string of the molecule is CCCOc1ccc(N(CC(=O)Nc2cc(Cl)ccc2OC)S(C)(=O)=O)cc1. The van der Waals surface area contributed by atoms with Crippen molar-refractivity contribution in [2.24, 2.45) is 0 Å². The van der Waals surface area contributed by atoms with E-state index in [0.717, 1.165) is 17.0 Å². The lowest BCUT2D eigenvalue weighted by atomic mass is 10.2. The number of hydrogen-bond donors (Lipinski definition) is 1. The maximum Gasteiger partial charge on any atom is 0.245 e. The van der Waals surface area contributed by atoms with E-state index in [1.807, 2.05) is 6.92 Å². The van der Waals surface area contributed by atoms with Gasteiger partial charge >= 0.3 is 0 Å². The summed E-state index contributed by atoms with van der Waals surface area (Å²) in [4.78, 5) is 12.5. The molecule has 152 valence electrons. The molecule has 0 aliphatic rings. The topological polar surface area (TPSA) is 84.9 Å². The molecule has 1 N–H and O–H groups in total. The molecule has 0 heterocycles. The van der Waals surface area contributed by atoms with Crippen molar-refractivity contribution in [1.29, 1.82) is 0 Å². The molecule has 2 rings (SSSR count). The van der Waals surface area contributed by atoms with E-state index in [1.165, 1.54) is 13.2 Å². The number of carbonyl (C=O) groups is 1. The summed E-state index contributed by atoms with van der Waals surface area (Å²) in [6.07, 6.45) is 1.91. The summed E-state index contributed by atoms with van der Waals surface area (Å²) in [6, 6.07) is 11.3. The molecule has 0 aliphatic carbocycles. The van der Waals surface area contributed by atoms with Crippen LogP contribution in [0.3, 0.4) is 0 Å². The highest BCUT2D eigenvalue weighted by Crippen LogP contribution is 2.28. The van der Waals surface area contributed by atoms with Crippen LogP contribution < -0.4 is 19.1 Å². The fourth-order valence-electron chi connectivity index (χ4n) is 2.43. The molecule has 0 aliphatic heterocycles. The number of ether oxygens (including phenoxy) is 2. The molecule has 2 aromatic carbocycles. The van der Waals surface area contributed by atoms with Crippen LogP contribution in [0.4, 0.5) is 11.4 Å². The van der Waals surface area contributed by atoms with Gasteiger partial charge in [0.25, 0.3) is 0 Å². The number of methoxy groups -OCH3 is 1. The van der Waals surface area contributed by atoms with Gasteiger partial charge in [0.1, 0.15) is 18.0 Å². The monoisotopic (exact) mass is 426 g/mol. The third-order valence-corrected chi connectivity index (χ3v) is 5.10. The Bertz CT molecular complexity index is 916. The zero-order valence-corrected chi connectivity index (χ0v) is 17.5. The van der Waals surface area contributed by atoms with Crippen molar-refractivity contribution in [1.82, 2.24) is 0 Å². The number of nitrogens with one attached hydrogen (secondary N) is 1. The second-order valence-electron chi connectivity index (χ2n) is 6.00. The summed E-state index contributed by atoms with van der Waals surface area (Å²) >= 11 is 5.96. The highest BCUT2D eigenvalue weighted by molar-refractivity contribution is 7.92. The maximum atomic E-state index is 12.5. The Morgan fingerprint density at radius 1 is 1.18 bits per heavy atom. The molecular weight excluding hydrogens is 404 g/mol. The molecule has 0 bridgehead atoms. The molecule has 7 nitrogen and oxygen atoms in total. The van der Waals surface area contributed by atoms with E-state index in [4.69, 9.17) is 21.1 Å². The molecule has 0 saturated heterocycles. The Kier molecular flexibility index (Phi) is 7.53. The second kappa shape index (κ2) is 9.66. The lowest BCUT2D eigenvalue weighted by molar-refractivity contribution is -0.114. The summed E-state index contributed by atoms with van der Waals surface area (Å²) in [5, 5.41) is 3.05. The number of nitrogens with zero attached hydrogens (tertiary/aromatic N) is 1. The Morgan fingerprint density at radius 2 is 1.86 bits per heavy atom. The molecule has 2 aromatic rings. The third-order valence-electron chi connectivity index (χ3n) is 3.72. The minimum absolute atomic E-state index is 0.358. The van der Waals surface area contributed by atoms with Gasteiger partial charge in [0.15, 0.2) is 0 Å². The van der Waals surface area contributed by atoms with Crippen molar-refractivity contribution in [3.63, 3.8) is 0 Å². The van der Waals surface area contributed by atoms with Gasteiger partial charge in [-0.25, -0.2) is 8.42 Å². The fraction of sp³-hybridized carbons (Fsp3) is 0.316. The lowest BCUT2D eigenvalue weighted by Crippen LogP contribution is -2.37. The van der Waals surface area contributed by atoms with Crippen LogP contribution in [-0.4, -0.2) is 40.8 Å². The molecule has 0 aromatic heterocycles. The van der Waals surface area contributed by atoms with E-state index in [0.29, 0.717) is 34.5 Å². The second-order valence-corrected chi connectivity index (χ2v) is 8.35. The van der Waals surface area contributed by atoms with Crippen molar-refractivity contribution >= 4 is 38.9 Å². The van der Waals surface area contributed by atoms with Gasteiger partial charge in [-0.2, -0.15) is 0 Å². The number of amides is 1. The first-order valence-corrected chi connectivity index (χ1v) is 10.8. The van der Waals surface area contributed by atoms with Crippen LogP contribution in [0.1, 0.15) is 13.3 Å². The molecule has 0 radical (unpaired) electrons. The van der Waals surface area contributed by atoms with Crippen molar-refractivity contribution in [2.45, 2.75) is 13.3 Å². The van der Waals surface area contributed by atoms with Crippen molar-refractivity contribution < 1.29 is 22.7 Å². The smallest absolute Gasteiger partial charge is 0.245 e. The standard InChI is InChI=1S/C19H23ClN2O5S/c1-4-11-27-16-8-6-15(7-9-16)22(28(3,24)25)13-19(23)21-17-12-14(20)5-10-18(17)26-2/h5-10,12H,4,11,13H2,1-3H3,(H,21,23). The first kappa shape index (κ1) is 21.8. The number of benzene rings is 2. The van der Waals surface area contributed by atoms with Crippen LogP contribution in [0.15, 0.2) is 42.5 Å². The molecule has 0 unspecified atom stereocenters. The van der Waals surface area contributed by atoms with Crippen LogP contribution in [0.5, 0.6) is 11.5 Å². The van der Waals surface area contributed by atoms with E-state index < -0.39 is 22.5 Å². The maximum absolute atomic E-state index is 12.5. The van der Waals surface area contributed by atoms with E-state index in [-0.39, 0.29) is 0 Å². The minimum atomic E-state index is -3.68.